The summed E-state index contributed by atoms with van der Waals surface area (Å²) in [5.74, 6) is -0.874. The van der Waals surface area contributed by atoms with Crippen LogP contribution < -0.4 is 5.73 Å². The summed E-state index contributed by atoms with van der Waals surface area (Å²) in [4.78, 5) is 22.2. The molecule has 22 heavy (non-hydrogen) atoms. The summed E-state index contributed by atoms with van der Waals surface area (Å²) in [6.45, 7) is 0. The van der Waals surface area contributed by atoms with Gasteiger partial charge in [0.25, 0.3) is 11.6 Å². The number of aromatic nitrogens is 5. The van der Waals surface area contributed by atoms with Crippen molar-refractivity contribution in [2.24, 2.45) is 5.73 Å². The van der Waals surface area contributed by atoms with E-state index in [1.165, 1.54) is 23.2 Å². The molecule has 2 heterocycles. The highest BCUT2D eigenvalue weighted by atomic mass is 127. The zero-order chi connectivity index (χ0) is 15.9. The molecule has 12 heteroatoms. The van der Waals surface area contributed by atoms with Gasteiger partial charge in [-0.2, -0.15) is 5.10 Å². The third-order valence-corrected chi connectivity index (χ3v) is 4.86. The highest BCUT2D eigenvalue weighted by Crippen LogP contribution is 2.34. The Labute approximate surface area is 137 Å². The molecule has 1 aromatic carbocycles. The summed E-state index contributed by atoms with van der Waals surface area (Å²) < 4.78 is 2.95. The summed E-state index contributed by atoms with van der Waals surface area (Å²) in [6, 6.07) is 3.01. The number of non-ortho nitro benzene ring substituents is 1. The minimum Gasteiger partial charge on any atom is -0.363 e. The quantitative estimate of drug-likeness (QED) is 0.287. The van der Waals surface area contributed by atoms with Crippen LogP contribution in [0.2, 0.25) is 0 Å². The fraction of sp³-hybridized carbons (Fsp3) is 0. The number of nitrogens with two attached hydrogens (primary N) is 1. The third kappa shape index (κ3) is 2.31. The Kier molecular flexibility index (Phi) is 3.74. The van der Waals surface area contributed by atoms with Gasteiger partial charge in [-0.05, 0) is 28.1 Å². The Balaban J connectivity index is 2.32. The van der Waals surface area contributed by atoms with Gasteiger partial charge in [-0.1, -0.05) is 0 Å². The molecule has 3 aromatic rings. The van der Waals surface area contributed by atoms with Crippen LogP contribution in [0.4, 0.5) is 5.69 Å². The molecule has 0 aliphatic carbocycles. The van der Waals surface area contributed by atoms with Gasteiger partial charge in [0.15, 0.2) is 0 Å². The monoisotopic (exact) mass is 431 g/mol. The lowest BCUT2D eigenvalue weighted by atomic mass is 10.2. The predicted molar refractivity (Wildman–Crippen MR) is 87.6 cm³/mol. The van der Waals surface area contributed by atoms with Crippen molar-refractivity contribution in [1.29, 1.82) is 0 Å². The summed E-state index contributed by atoms with van der Waals surface area (Å²) in [5, 5.41) is 23.1. The van der Waals surface area contributed by atoms with Crippen LogP contribution >= 0.6 is 28.4 Å². The van der Waals surface area contributed by atoms with Crippen LogP contribution in [0.3, 0.4) is 0 Å². The Hall–Kier alpha value is -2.14. The molecule has 0 spiro atoms. The molecule has 0 radical (unpaired) electrons. The Morgan fingerprint density at radius 1 is 1.45 bits per heavy atom. The molecular formula is C10H7IN7O3P. The number of fused-ring (bicyclic) bond motifs is 1. The number of carbonyl (C=O) groups is 1. The second-order valence-electron chi connectivity index (χ2n) is 4.18. The first kappa shape index (κ1) is 14.8. The van der Waals surface area contributed by atoms with E-state index >= 15 is 0 Å². The molecule has 0 fully saturated rings. The summed E-state index contributed by atoms with van der Waals surface area (Å²) in [6.07, 6.45) is 3.00. The van der Waals surface area contributed by atoms with Crippen molar-refractivity contribution in [2.75, 3.05) is 0 Å². The number of rotatable bonds is 4. The molecule has 0 aliphatic heterocycles. The summed E-state index contributed by atoms with van der Waals surface area (Å²) in [7, 11) is 0. The van der Waals surface area contributed by atoms with Gasteiger partial charge in [0, 0.05) is 6.07 Å². The average Bonchev–Trinajstić information content (AvgIpc) is 3.12. The average molecular weight is 431 g/mol. The number of nitro groups is 1. The van der Waals surface area contributed by atoms with Crippen LogP contribution in [0.15, 0.2) is 24.7 Å². The highest BCUT2D eigenvalue weighted by Gasteiger charge is 2.20. The molecule has 0 saturated heterocycles. The number of halogens is 1. The van der Waals surface area contributed by atoms with Crippen molar-refractivity contribution in [3.63, 3.8) is 0 Å². The lowest BCUT2D eigenvalue weighted by molar-refractivity contribution is -0.383. The van der Waals surface area contributed by atoms with E-state index in [0.717, 1.165) is 0 Å². The van der Waals surface area contributed by atoms with Gasteiger partial charge in [0.2, 0.25) is 5.82 Å². The van der Waals surface area contributed by atoms with Gasteiger partial charge in [0.05, 0.1) is 34.1 Å². The molecule has 1 atom stereocenters. The minimum atomic E-state index is -0.774. The summed E-state index contributed by atoms with van der Waals surface area (Å²) in [5.41, 5.74) is 6.07. The number of amides is 1. The molecule has 1 unspecified atom stereocenters. The zero-order valence-electron chi connectivity index (χ0n) is 10.7. The maximum Gasteiger partial charge on any atom is 0.287 e. The molecule has 2 aromatic heterocycles. The van der Waals surface area contributed by atoms with Crippen LogP contribution in [-0.2, 0) is 0 Å². The van der Waals surface area contributed by atoms with E-state index in [9.17, 15) is 14.9 Å². The maximum absolute atomic E-state index is 11.4. The number of nitro benzene ring substituents is 1. The molecule has 1 amide bonds. The molecular weight excluding hydrogens is 424 g/mol. The second kappa shape index (κ2) is 5.57. The first-order valence-electron chi connectivity index (χ1n) is 5.76. The van der Waals surface area contributed by atoms with E-state index in [1.807, 2.05) is 0 Å². The van der Waals surface area contributed by atoms with Gasteiger partial charge in [-0.15, -0.1) is 10.2 Å². The molecule has 3 rings (SSSR count). The zero-order valence-corrected chi connectivity index (χ0v) is 13.8. The predicted octanol–water partition coefficient (Wildman–Crippen LogP) is 1.42. The number of primary amides is 1. The smallest absolute Gasteiger partial charge is 0.287 e. The SMILES string of the molecule is NC(=O)c1nncn1-c1cc([N+](=O)[O-])c2cnn(PI)c2c1. The molecule has 0 aliphatic rings. The van der Waals surface area contributed by atoms with Gasteiger partial charge >= 0.3 is 0 Å². The number of benzene rings is 1. The highest BCUT2D eigenvalue weighted by molar-refractivity contribution is 14.2. The normalized spacial score (nSPS) is 11.5. The Morgan fingerprint density at radius 3 is 2.86 bits per heavy atom. The van der Waals surface area contributed by atoms with Crippen LogP contribution in [0.25, 0.3) is 16.6 Å². The first-order valence-corrected chi connectivity index (χ1v) is 9.82. The van der Waals surface area contributed by atoms with Crippen molar-refractivity contribution < 1.29 is 9.72 Å². The molecule has 0 bridgehead atoms. The van der Waals surface area contributed by atoms with Gasteiger partial charge in [-0.25, -0.2) is 4.45 Å². The van der Waals surface area contributed by atoms with Crippen molar-refractivity contribution in [1.82, 2.24) is 24.3 Å². The fourth-order valence-corrected chi connectivity index (χ4v) is 3.57. The van der Waals surface area contributed by atoms with Gasteiger partial charge < -0.3 is 5.73 Å². The number of nitrogens with zero attached hydrogens (tertiary/aromatic N) is 6. The van der Waals surface area contributed by atoms with Crippen LogP contribution in [0.5, 0.6) is 0 Å². The number of hydrogen-bond acceptors (Lipinski definition) is 6. The van der Waals surface area contributed by atoms with E-state index in [-0.39, 0.29) is 17.9 Å². The maximum atomic E-state index is 11.4. The first-order chi connectivity index (χ1) is 10.5. The molecule has 2 N–H and O–H groups in total. The fourth-order valence-electron chi connectivity index (χ4n) is 2.04. The molecule has 10 nitrogen and oxygen atoms in total. The number of carbonyl (C=O) groups excluding carboxylic acids is 1. The van der Waals surface area contributed by atoms with Crippen LogP contribution in [0, 0.1) is 10.1 Å². The molecule has 112 valence electrons. The van der Waals surface area contributed by atoms with Crippen LogP contribution in [-0.4, -0.2) is 35.1 Å². The lowest BCUT2D eigenvalue weighted by Crippen LogP contribution is -2.17. The second-order valence-corrected chi connectivity index (χ2v) is 6.22. The Morgan fingerprint density at radius 2 is 2.23 bits per heavy atom. The van der Waals surface area contributed by atoms with E-state index in [1.54, 1.807) is 10.5 Å². The van der Waals surface area contributed by atoms with Gasteiger partial charge in [0.1, 0.15) is 6.33 Å². The summed E-state index contributed by atoms with van der Waals surface area (Å²) >= 11 is 2.12. The number of hydrogen-bond donors (Lipinski definition) is 1. The van der Waals surface area contributed by atoms with E-state index in [4.69, 9.17) is 5.73 Å². The van der Waals surface area contributed by atoms with Crippen molar-refractivity contribution >= 4 is 50.9 Å². The van der Waals surface area contributed by atoms with E-state index < -0.39 is 10.8 Å². The van der Waals surface area contributed by atoms with Crippen molar-refractivity contribution in [3.05, 3.63) is 40.6 Å². The standard InChI is InChI=1S/C10H7IN7O3P/c11-22-17-7-1-5(16-4-13-15-10(16)9(12)19)2-8(18(20)21)6(7)3-14-17/h1-4,22H,(H2,12,19). The largest absolute Gasteiger partial charge is 0.363 e. The lowest BCUT2D eigenvalue weighted by Gasteiger charge is -2.06. The van der Waals surface area contributed by atoms with Gasteiger partial charge in [-0.3, -0.25) is 19.5 Å². The van der Waals surface area contributed by atoms with Crippen LogP contribution in [0.1, 0.15) is 10.6 Å². The van der Waals surface area contributed by atoms with Crippen molar-refractivity contribution in [3.8, 4) is 5.69 Å². The third-order valence-electron chi connectivity index (χ3n) is 2.97. The molecule has 0 saturated carbocycles. The topological polar surface area (TPSA) is 135 Å². The Bertz CT molecular complexity index is 905. The minimum absolute atomic E-state index is 0.100. The van der Waals surface area contributed by atoms with E-state index in [0.29, 0.717) is 16.6 Å². The van der Waals surface area contributed by atoms with E-state index in [2.05, 4.69) is 37.3 Å². The van der Waals surface area contributed by atoms with Crippen molar-refractivity contribution in [2.45, 2.75) is 0 Å².